The highest BCUT2D eigenvalue weighted by molar-refractivity contribution is 6.02. The molecule has 0 bridgehead atoms. The Morgan fingerprint density at radius 3 is 2.71 bits per heavy atom. The Hall–Kier alpha value is -4.34. The molecular weight excluding hydrogens is 406 g/mol. The van der Waals surface area contributed by atoms with Crippen LogP contribution < -0.4 is 20.1 Å². The molecule has 10 nitrogen and oxygen atoms in total. The van der Waals surface area contributed by atoms with Gasteiger partial charge in [0.2, 0.25) is 5.89 Å². The minimum absolute atomic E-state index is 0.224. The number of carbonyl (C=O) groups excluding carboxylic acids is 3. The van der Waals surface area contributed by atoms with Crippen molar-refractivity contribution in [3.05, 3.63) is 54.4 Å². The number of para-hydroxylation sites is 2. The number of carbonyl (C=O) groups is 3. The van der Waals surface area contributed by atoms with Crippen molar-refractivity contribution in [2.45, 2.75) is 0 Å². The van der Waals surface area contributed by atoms with E-state index in [4.69, 9.17) is 18.6 Å². The molecule has 1 aliphatic rings. The third-order valence-electron chi connectivity index (χ3n) is 4.07. The van der Waals surface area contributed by atoms with E-state index in [1.807, 2.05) is 6.07 Å². The number of hydrogen-bond donors (Lipinski definition) is 2. The second-order valence-corrected chi connectivity index (χ2v) is 6.32. The van der Waals surface area contributed by atoms with Gasteiger partial charge in [-0.15, -0.1) is 0 Å². The maximum Gasteiger partial charge on any atom is 0.331 e. The van der Waals surface area contributed by atoms with Gasteiger partial charge in [-0.05, 0) is 24.3 Å². The highest BCUT2D eigenvalue weighted by Crippen LogP contribution is 2.32. The second kappa shape index (κ2) is 8.99. The molecule has 0 spiro atoms. The molecule has 2 aromatic carbocycles. The van der Waals surface area contributed by atoms with Crippen LogP contribution in [-0.4, -0.2) is 42.7 Å². The highest BCUT2D eigenvalue weighted by Gasteiger charge is 2.14. The van der Waals surface area contributed by atoms with Gasteiger partial charge in [0.05, 0.1) is 0 Å². The average molecular weight is 423 g/mol. The van der Waals surface area contributed by atoms with Crippen LogP contribution in [0.4, 0.5) is 10.5 Å². The molecule has 0 aliphatic carbocycles. The number of urea groups is 1. The molecule has 10 heteroatoms. The maximum atomic E-state index is 11.9. The molecule has 0 radical (unpaired) electrons. The number of rotatable bonds is 5. The monoisotopic (exact) mass is 423 g/mol. The maximum absolute atomic E-state index is 11.9. The predicted molar refractivity (Wildman–Crippen MR) is 109 cm³/mol. The average Bonchev–Trinajstić information content (AvgIpc) is 3.19. The second-order valence-electron chi connectivity index (χ2n) is 6.32. The number of amides is 3. The number of esters is 1. The Labute approximate surface area is 175 Å². The summed E-state index contributed by atoms with van der Waals surface area (Å²) in [5.74, 6) is -0.286. The standard InChI is InChI=1S/C21H17N3O7/c25-18(24-21(27)22-13-5-6-16-17(11-13)29-10-9-28-16)12-30-20(26)8-7-19-23-14-3-1-2-4-15(14)31-19/h1-8,11H,9-10,12H2,(H2,22,24,25,27)/b8-7+. The van der Waals surface area contributed by atoms with E-state index in [1.54, 1.807) is 36.4 Å². The van der Waals surface area contributed by atoms with Gasteiger partial charge in [0.1, 0.15) is 18.7 Å². The summed E-state index contributed by atoms with van der Waals surface area (Å²) in [6.45, 7) is 0.232. The number of imide groups is 1. The van der Waals surface area contributed by atoms with E-state index >= 15 is 0 Å². The van der Waals surface area contributed by atoms with Crippen molar-refractivity contribution in [3.8, 4) is 11.5 Å². The lowest BCUT2D eigenvalue weighted by atomic mass is 10.2. The highest BCUT2D eigenvalue weighted by atomic mass is 16.6. The number of hydrogen-bond acceptors (Lipinski definition) is 8. The quantitative estimate of drug-likeness (QED) is 0.473. The van der Waals surface area contributed by atoms with Crippen molar-refractivity contribution < 1.29 is 33.0 Å². The number of oxazole rings is 1. The number of nitrogens with zero attached hydrogens (tertiary/aromatic N) is 1. The van der Waals surface area contributed by atoms with Crippen LogP contribution in [0.2, 0.25) is 0 Å². The fraction of sp³-hybridized carbons (Fsp3) is 0.143. The first-order valence-corrected chi connectivity index (χ1v) is 9.28. The predicted octanol–water partition coefficient (Wildman–Crippen LogP) is 2.50. The van der Waals surface area contributed by atoms with Crippen molar-refractivity contribution in [2.24, 2.45) is 0 Å². The van der Waals surface area contributed by atoms with Gasteiger partial charge < -0.3 is 23.9 Å². The third kappa shape index (κ3) is 5.18. The van der Waals surface area contributed by atoms with Gasteiger partial charge in [-0.3, -0.25) is 10.1 Å². The summed E-state index contributed by atoms with van der Waals surface area (Å²) in [6, 6.07) is 11.2. The molecule has 4 rings (SSSR count). The lowest BCUT2D eigenvalue weighted by molar-refractivity contribution is -0.143. The summed E-state index contributed by atoms with van der Waals surface area (Å²) in [6.07, 6.45) is 2.40. The van der Waals surface area contributed by atoms with Gasteiger partial charge >= 0.3 is 12.0 Å². The van der Waals surface area contributed by atoms with Crippen molar-refractivity contribution >= 4 is 40.8 Å². The topological polar surface area (TPSA) is 129 Å². The van der Waals surface area contributed by atoms with E-state index in [9.17, 15) is 14.4 Å². The Morgan fingerprint density at radius 1 is 1.06 bits per heavy atom. The van der Waals surface area contributed by atoms with Crippen molar-refractivity contribution in [1.29, 1.82) is 0 Å². The van der Waals surface area contributed by atoms with Gasteiger partial charge in [0, 0.05) is 23.9 Å². The molecular formula is C21H17N3O7. The molecule has 1 aliphatic heterocycles. The van der Waals surface area contributed by atoms with Gasteiger partial charge in [0.25, 0.3) is 5.91 Å². The first-order valence-electron chi connectivity index (χ1n) is 9.28. The van der Waals surface area contributed by atoms with Crippen LogP contribution in [0.1, 0.15) is 5.89 Å². The minimum Gasteiger partial charge on any atom is -0.486 e. The summed E-state index contributed by atoms with van der Waals surface area (Å²) in [5.41, 5.74) is 1.64. The summed E-state index contributed by atoms with van der Waals surface area (Å²) >= 11 is 0. The fourth-order valence-corrected chi connectivity index (χ4v) is 2.73. The van der Waals surface area contributed by atoms with Crippen LogP contribution in [0.15, 0.2) is 53.0 Å². The molecule has 0 fully saturated rings. The van der Waals surface area contributed by atoms with Gasteiger partial charge in [-0.25, -0.2) is 14.6 Å². The number of ether oxygens (including phenoxy) is 3. The first kappa shape index (κ1) is 20.0. The third-order valence-corrected chi connectivity index (χ3v) is 4.07. The van der Waals surface area contributed by atoms with E-state index in [0.29, 0.717) is 41.5 Å². The summed E-state index contributed by atoms with van der Waals surface area (Å²) in [4.78, 5) is 39.7. The normalized spacial score (nSPS) is 12.5. The van der Waals surface area contributed by atoms with Gasteiger partial charge in [0.15, 0.2) is 23.7 Å². The van der Waals surface area contributed by atoms with Crippen molar-refractivity contribution in [3.63, 3.8) is 0 Å². The molecule has 0 saturated carbocycles. The Balaban J connectivity index is 1.23. The Morgan fingerprint density at radius 2 is 1.87 bits per heavy atom. The molecule has 3 aromatic rings. The van der Waals surface area contributed by atoms with E-state index in [1.165, 1.54) is 6.08 Å². The first-order chi connectivity index (χ1) is 15.1. The number of nitrogens with one attached hydrogen (secondary N) is 2. The molecule has 1 aromatic heterocycles. The van der Waals surface area contributed by atoms with Crippen LogP contribution in [0.5, 0.6) is 11.5 Å². The van der Waals surface area contributed by atoms with Gasteiger partial charge in [-0.1, -0.05) is 12.1 Å². The van der Waals surface area contributed by atoms with Crippen LogP contribution >= 0.6 is 0 Å². The van der Waals surface area contributed by atoms with Crippen LogP contribution in [-0.2, 0) is 14.3 Å². The number of fused-ring (bicyclic) bond motifs is 2. The smallest absolute Gasteiger partial charge is 0.331 e. The molecule has 2 N–H and O–H groups in total. The molecule has 31 heavy (non-hydrogen) atoms. The van der Waals surface area contributed by atoms with Crippen LogP contribution in [0, 0.1) is 0 Å². The largest absolute Gasteiger partial charge is 0.486 e. The summed E-state index contributed by atoms with van der Waals surface area (Å²) in [5, 5.41) is 4.55. The fourth-order valence-electron chi connectivity index (χ4n) is 2.73. The van der Waals surface area contributed by atoms with Crippen molar-refractivity contribution in [2.75, 3.05) is 25.1 Å². The van der Waals surface area contributed by atoms with E-state index in [2.05, 4.69) is 15.6 Å². The van der Waals surface area contributed by atoms with E-state index in [0.717, 1.165) is 6.08 Å². The molecule has 0 atom stereocenters. The van der Waals surface area contributed by atoms with E-state index < -0.39 is 24.5 Å². The molecule has 3 amide bonds. The summed E-state index contributed by atoms with van der Waals surface area (Å²) < 4.78 is 21.1. The zero-order chi connectivity index (χ0) is 21.6. The zero-order valence-electron chi connectivity index (χ0n) is 16.1. The molecule has 2 heterocycles. The number of anilines is 1. The number of aromatic nitrogens is 1. The summed E-state index contributed by atoms with van der Waals surface area (Å²) in [7, 11) is 0. The van der Waals surface area contributed by atoms with Crippen LogP contribution in [0.3, 0.4) is 0 Å². The molecule has 0 unspecified atom stereocenters. The van der Waals surface area contributed by atoms with Crippen LogP contribution in [0.25, 0.3) is 17.2 Å². The van der Waals surface area contributed by atoms with Gasteiger partial charge in [-0.2, -0.15) is 0 Å². The minimum atomic E-state index is -0.793. The Kier molecular flexibility index (Phi) is 5.79. The molecule has 0 saturated heterocycles. The lowest BCUT2D eigenvalue weighted by Gasteiger charge is -2.19. The van der Waals surface area contributed by atoms with Crippen molar-refractivity contribution in [1.82, 2.24) is 10.3 Å². The van der Waals surface area contributed by atoms with E-state index in [-0.39, 0.29) is 5.89 Å². The number of benzene rings is 2. The Bertz CT molecular complexity index is 1140. The lowest BCUT2D eigenvalue weighted by Crippen LogP contribution is -2.37. The SMILES string of the molecule is O=C(COC(=O)/C=C/c1nc2ccccc2o1)NC(=O)Nc1ccc2c(c1)OCCO2. The zero-order valence-corrected chi connectivity index (χ0v) is 16.1. The molecule has 158 valence electrons.